The van der Waals surface area contributed by atoms with Crippen LogP contribution in [-0.4, -0.2) is 35.4 Å². The summed E-state index contributed by atoms with van der Waals surface area (Å²) >= 11 is 0. The van der Waals surface area contributed by atoms with Crippen molar-refractivity contribution in [2.75, 3.05) is 13.1 Å². The monoisotopic (exact) mass is 411 g/mol. The van der Waals surface area contributed by atoms with E-state index in [-0.39, 0.29) is 11.2 Å². The Balaban J connectivity index is 1.40. The molecule has 5 nitrogen and oxygen atoms in total. The molecule has 0 radical (unpaired) electrons. The number of piperidine rings is 1. The maximum atomic E-state index is 13.7. The lowest BCUT2D eigenvalue weighted by Gasteiger charge is -2.37. The second kappa shape index (κ2) is 6.78. The summed E-state index contributed by atoms with van der Waals surface area (Å²) in [5.74, 6) is 0.749. The second-order valence-corrected chi connectivity index (χ2v) is 9.81. The minimum Gasteiger partial charge on any atom is -0.328 e. The summed E-state index contributed by atoms with van der Waals surface area (Å²) in [6, 6.07) is 15.2. The van der Waals surface area contributed by atoms with Gasteiger partial charge < -0.3 is 4.57 Å². The minimum atomic E-state index is -3.46. The molecule has 1 saturated heterocycles. The summed E-state index contributed by atoms with van der Waals surface area (Å²) in [5, 5.41) is 0. The van der Waals surface area contributed by atoms with Crippen LogP contribution in [0.5, 0.6) is 0 Å². The van der Waals surface area contributed by atoms with E-state index >= 15 is 0 Å². The highest BCUT2D eigenvalue weighted by Gasteiger charge is 2.45. The van der Waals surface area contributed by atoms with Gasteiger partial charge in [0.1, 0.15) is 11.6 Å². The first-order valence-electron chi connectivity index (χ1n) is 9.87. The molecule has 0 unspecified atom stereocenters. The first-order valence-corrected chi connectivity index (χ1v) is 11.3. The van der Waals surface area contributed by atoms with Crippen molar-refractivity contribution in [3.8, 4) is 11.3 Å². The van der Waals surface area contributed by atoms with Gasteiger partial charge in [0.15, 0.2) is 0 Å². The van der Waals surface area contributed by atoms with Crippen LogP contribution < -0.4 is 0 Å². The molecule has 0 amide bonds. The van der Waals surface area contributed by atoms with Crippen LogP contribution in [0.4, 0.5) is 4.39 Å². The fourth-order valence-electron chi connectivity index (χ4n) is 4.71. The van der Waals surface area contributed by atoms with E-state index in [1.165, 1.54) is 12.1 Å². The van der Waals surface area contributed by atoms with E-state index in [4.69, 9.17) is 4.98 Å². The quantitative estimate of drug-likeness (QED) is 0.659. The van der Waals surface area contributed by atoms with Gasteiger partial charge in [-0.25, -0.2) is 17.8 Å². The fraction of sp³-hybridized carbons (Fsp3) is 0.318. The number of aromatic nitrogens is 2. The summed E-state index contributed by atoms with van der Waals surface area (Å²) in [7, 11) is -3.46. The SMILES string of the molecule is O=S(=O)(c1ccccc1)N1CCC2(CC1)CCn1c(-c3cccc(F)c3)cnc12. The number of fused-ring (bicyclic) bond motifs is 2. The van der Waals surface area contributed by atoms with E-state index < -0.39 is 10.0 Å². The summed E-state index contributed by atoms with van der Waals surface area (Å²) in [5.41, 5.74) is 1.65. The third-order valence-electron chi connectivity index (χ3n) is 6.32. The lowest BCUT2D eigenvalue weighted by molar-refractivity contribution is 0.228. The van der Waals surface area contributed by atoms with Crippen molar-refractivity contribution < 1.29 is 12.8 Å². The Labute approximate surface area is 169 Å². The molecule has 29 heavy (non-hydrogen) atoms. The van der Waals surface area contributed by atoms with Crippen molar-refractivity contribution in [3.63, 3.8) is 0 Å². The van der Waals surface area contributed by atoms with Gasteiger partial charge in [0.25, 0.3) is 0 Å². The van der Waals surface area contributed by atoms with Gasteiger partial charge in [-0.2, -0.15) is 4.31 Å². The van der Waals surface area contributed by atoms with Crippen LogP contribution in [0.3, 0.4) is 0 Å². The van der Waals surface area contributed by atoms with Crippen molar-refractivity contribution in [2.24, 2.45) is 0 Å². The van der Waals surface area contributed by atoms with Crippen LogP contribution in [0.25, 0.3) is 11.3 Å². The molecule has 0 bridgehead atoms. The van der Waals surface area contributed by atoms with E-state index in [1.54, 1.807) is 34.6 Å². The van der Waals surface area contributed by atoms with Crippen molar-refractivity contribution in [3.05, 3.63) is 72.4 Å². The lowest BCUT2D eigenvalue weighted by Crippen LogP contribution is -2.44. The number of hydrogen-bond donors (Lipinski definition) is 0. The Morgan fingerprint density at radius 2 is 1.66 bits per heavy atom. The Morgan fingerprint density at radius 3 is 2.38 bits per heavy atom. The van der Waals surface area contributed by atoms with Crippen LogP contribution in [-0.2, 0) is 22.0 Å². The molecule has 1 aromatic heterocycles. The van der Waals surface area contributed by atoms with Gasteiger partial charge in [0.2, 0.25) is 10.0 Å². The van der Waals surface area contributed by atoms with Crippen LogP contribution >= 0.6 is 0 Å². The molecule has 3 aromatic rings. The van der Waals surface area contributed by atoms with Crippen molar-refractivity contribution >= 4 is 10.0 Å². The third kappa shape index (κ3) is 3.00. The molecule has 1 spiro atoms. The van der Waals surface area contributed by atoms with Crippen molar-refractivity contribution in [2.45, 2.75) is 36.1 Å². The number of halogens is 1. The standard InChI is InChI=1S/C22H22FN3O2S/c23-18-6-4-5-17(15-18)20-16-24-21-22(11-14-26(20)21)9-12-25(13-10-22)29(27,28)19-7-2-1-3-8-19/h1-8,15-16H,9-14H2. The van der Waals surface area contributed by atoms with Crippen LogP contribution in [0.1, 0.15) is 25.1 Å². The van der Waals surface area contributed by atoms with E-state index in [1.807, 2.05) is 18.3 Å². The molecule has 3 heterocycles. The zero-order valence-corrected chi connectivity index (χ0v) is 16.8. The van der Waals surface area contributed by atoms with E-state index in [0.717, 1.165) is 42.9 Å². The Kier molecular flexibility index (Phi) is 4.33. The van der Waals surface area contributed by atoms with Crippen LogP contribution in [0.2, 0.25) is 0 Å². The lowest BCUT2D eigenvalue weighted by atomic mass is 9.77. The average Bonchev–Trinajstić information content (AvgIpc) is 3.31. The molecule has 0 saturated carbocycles. The van der Waals surface area contributed by atoms with Crippen molar-refractivity contribution in [1.82, 2.24) is 13.9 Å². The maximum Gasteiger partial charge on any atom is 0.243 e. The molecule has 1 fully saturated rings. The smallest absolute Gasteiger partial charge is 0.243 e. The zero-order valence-electron chi connectivity index (χ0n) is 16.0. The molecule has 2 aromatic carbocycles. The Hall–Kier alpha value is -2.51. The topological polar surface area (TPSA) is 55.2 Å². The van der Waals surface area contributed by atoms with Gasteiger partial charge in [0, 0.05) is 30.6 Å². The van der Waals surface area contributed by atoms with Crippen LogP contribution in [0.15, 0.2) is 65.7 Å². The van der Waals surface area contributed by atoms with E-state index in [2.05, 4.69) is 4.57 Å². The predicted octanol–water partition coefficient (Wildman–Crippen LogP) is 3.82. The summed E-state index contributed by atoms with van der Waals surface area (Å²) in [6.45, 7) is 1.80. The minimum absolute atomic E-state index is 0.103. The second-order valence-electron chi connectivity index (χ2n) is 7.88. The predicted molar refractivity (Wildman–Crippen MR) is 108 cm³/mol. The molecule has 150 valence electrons. The Bertz CT molecular complexity index is 1150. The number of imidazole rings is 1. The highest BCUT2D eigenvalue weighted by Crippen LogP contribution is 2.45. The molecular formula is C22H22FN3O2S. The molecule has 0 aliphatic carbocycles. The Morgan fingerprint density at radius 1 is 0.931 bits per heavy atom. The van der Waals surface area contributed by atoms with Gasteiger partial charge >= 0.3 is 0 Å². The molecule has 2 aliphatic heterocycles. The molecular weight excluding hydrogens is 389 g/mol. The van der Waals surface area contributed by atoms with Crippen molar-refractivity contribution in [1.29, 1.82) is 0 Å². The van der Waals surface area contributed by atoms with Gasteiger partial charge in [-0.15, -0.1) is 0 Å². The van der Waals surface area contributed by atoms with Gasteiger partial charge in [0.05, 0.1) is 16.8 Å². The van der Waals surface area contributed by atoms with Crippen LogP contribution in [0, 0.1) is 5.82 Å². The summed E-state index contributed by atoms with van der Waals surface area (Å²) < 4.78 is 43.3. The largest absolute Gasteiger partial charge is 0.328 e. The zero-order chi connectivity index (χ0) is 20.1. The number of benzene rings is 2. The molecule has 7 heteroatoms. The first-order chi connectivity index (χ1) is 14.0. The van der Waals surface area contributed by atoms with E-state index in [9.17, 15) is 12.8 Å². The molecule has 0 N–H and O–H groups in total. The average molecular weight is 412 g/mol. The highest BCUT2D eigenvalue weighted by molar-refractivity contribution is 7.89. The summed E-state index contributed by atoms with van der Waals surface area (Å²) in [4.78, 5) is 5.04. The highest BCUT2D eigenvalue weighted by atomic mass is 32.2. The van der Waals surface area contributed by atoms with Gasteiger partial charge in [-0.05, 0) is 43.5 Å². The molecule has 5 rings (SSSR count). The van der Waals surface area contributed by atoms with Gasteiger partial charge in [-0.3, -0.25) is 0 Å². The van der Waals surface area contributed by atoms with E-state index in [0.29, 0.717) is 18.0 Å². The van der Waals surface area contributed by atoms with Gasteiger partial charge in [-0.1, -0.05) is 30.3 Å². The summed E-state index contributed by atoms with van der Waals surface area (Å²) in [6.07, 6.45) is 4.26. The fourth-order valence-corrected chi connectivity index (χ4v) is 6.17. The normalized spacial score (nSPS) is 18.8. The molecule has 0 atom stereocenters. The third-order valence-corrected chi connectivity index (χ3v) is 8.24. The number of nitrogens with zero attached hydrogens (tertiary/aromatic N) is 3. The maximum absolute atomic E-state index is 13.7. The first kappa shape index (κ1) is 18.5. The molecule has 2 aliphatic rings. The number of sulfonamides is 1. The number of hydrogen-bond acceptors (Lipinski definition) is 3. The number of rotatable bonds is 3.